The predicted octanol–water partition coefficient (Wildman–Crippen LogP) is 5.62. The van der Waals surface area contributed by atoms with Crippen LogP contribution in [0, 0.1) is 5.82 Å². The van der Waals surface area contributed by atoms with E-state index in [1.807, 2.05) is 53.2 Å². The third kappa shape index (κ3) is 6.01. The Kier molecular flexibility index (Phi) is 7.35. The van der Waals surface area contributed by atoms with Crippen molar-refractivity contribution in [2.75, 3.05) is 10.6 Å². The Labute approximate surface area is 218 Å². The monoisotopic (exact) mass is 508 g/mol. The van der Waals surface area contributed by atoms with E-state index < -0.39 is 0 Å². The molecule has 5 rings (SSSR count). The van der Waals surface area contributed by atoms with Crippen molar-refractivity contribution in [2.24, 2.45) is 0 Å². The normalized spacial score (nSPS) is 10.8. The fourth-order valence-electron chi connectivity index (χ4n) is 4.03. The first-order valence-electron chi connectivity index (χ1n) is 12.1. The Morgan fingerprint density at radius 1 is 0.921 bits per heavy atom. The number of H-pyrrole nitrogens is 1. The van der Waals surface area contributed by atoms with Gasteiger partial charge in [0.05, 0.1) is 11.9 Å². The molecule has 9 heteroatoms. The molecule has 38 heavy (non-hydrogen) atoms. The first-order valence-corrected chi connectivity index (χ1v) is 12.1. The zero-order valence-corrected chi connectivity index (χ0v) is 20.4. The minimum Gasteiger partial charge on any atom is -0.326 e. The lowest BCUT2D eigenvalue weighted by Crippen LogP contribution is -2.15. The molecule has 3 N–H and O–H groups in total. The Morgan fingerprint density at radius 3 is 2.50 bits per heavy atom. The van der Waals surface area contributed by atoms with Crippen molar-refractivity contribution >= 4 is 23.5 Å². The van der Waals surface area contributed by atoms with Gasteiger partial charge in [0.25, 0.3) is 5.91 Å². The van der Waals surface area contributed by atoms with Gasteiger partial charge in [-0.1, -0.05) is 30.3 Å². The highest BCUT2D eigenvalue weighted by atomic mass is 19.1. The summed E-state index contributed by atoms with van der Waals surface area (Å²) in [5.74, 6) is -0.417. The molecule has 0 fully saturated rings. The summed E-state index contributed by atoms with van der Waals surface area (Å²) in [7, 11) is 0. The van der Waals surface area contributed by atoms with Crippen LogP contribution in [0.3, 0.4) is 0 Å². The third-order valence-corrected chi connectivity index (χ3v) is 5.94. The molecule has 0 aliphatic rings. The van der Waals surface area contributed by atoms with Gasteiger partial charge < -0.3 is 5.32 Å². The molecule has 2 aromatic heterocycles. The van der Waals surface area contributed by atoms with Crippen molar-refractivity contribution < 1.29 is 14.0 Å². The Bertz CT molecular complexity index is 1530. The maximum atomic E-state index is 13.2. The van der Waals surface area contributed by atoms with E-state index in [2.05, 4.69) is 25.8 Å². The van der Waals surface area contributed by atoms with Crippen molar-refractivity contribution in [3.63, 3.8) is 0 Å². The van der Waals surface area contributed by atoms with E-state index in [0.29, 0.717) is 30.0 Å². The molecule has 8 nitrogen and oxygen atoms in total. The second-order valence-electron chi connectivity index (χ2n) is 8.69. The van der Waals surface area contributed by atoms with Gasteiger partial charge in [-0.05, 0) is 66.9 Å². The molecule has 3 aromatic carbocycles. The minimum absolute atomic E-state index is 0.162. The SMILES string of the molecule is O=C(CCCc1cn(-c2ccccc2)c(NC(=O)c2cccc(-c3cn[nH]c3)c2)n1)Nc1ccc(F)cc1. The number of carbonyl (C=O) groups excluding carboxylic acids is 2. The van der Waals surface area contributed by atoms with Crippen LogP contribution in [-0.4, -0.2) is 31.6 Å². The molecule has 0 aliphatic carbocycles. The average Bonchev–Trinajstić information content (AvgIpc) is 3.61. The minimum atomic E-state index is -0.356. The van der Waals surface area contributed by atoms with Crippen LogP contribution in [0.15, 0.2) is 97.5 Å². The standard InChI is InChI=1S/C29H25FN6O2/c30-23-12-14-24(15-13-23)33-27(37)11-5-8-25-19-36(26-9-2-1-3-10-26)29(34-25)35-28(38)21-7-4-6-20(16-21)22-17-31-32-18-22/h1-4,6-7,9-10,12-19H,5,8,11H2,(H,31,32)(H,33,37)(H,34,35,38). The number of rotatable bonds is 9. The Morgan fingerprint density at radius 2 is 1.74 bits per heavy atom. The van der Waals surface area contributed by atoms with Gasteiger partial charge in [-0.3, -0.25) is 24.6 Å². The highest BCUT2D eigenvalue weighted by Crippen LogP contribution is 2.22. The molecule has 0 saturated heterocycles. The number of imidazole rings is 1. The summed E-state index contributed by atoms with van der Waals surface area (Å²) in [6, 6.07) is 22.5. The van der Waals surface area contributed by atoms with Gasteiger partial charge in [-0.25, -0.2) is 9.37 Å². The number of benzene rings is 3. The van der Waals surface area contributed by atoms with Gasteiger partial charge in [-0.15, -0.1) is 0 Å². The van der Waals surface area contributed by atoms with E-state index in [9.17, 15) is 14.0 Å². The maximum Gasteiger partial charge on any atom is 0.258 e. The maximum absolute atomic E-state index is 13.2. The number of nitrogens with zero attached hydrogens (tertiary/aromatic N) is 3. The summed E-state index contributed by atoms with van der Waals surface area (Å²) in [4.78, 5) is 30.1. The molecule has 0 aliphatic heterocycles. The molecule has 0 spiro atoms. The number of carbonyl (C=O) groups is 2. The molecule has 5 aromatic rings. The zero-order valence-electron chi connectivity index (χ0n) is 20.4. The fourth-order valence-corrected chi connectivity index (χ4v) is 4.03. The van der Waals surface area contributed by atoms with E-state index in [0.717, 1.165) is 22.5 Å². The highest BCUT2D eigenvalue weighted by molar-refractivity contribution is 6.04. The summed E-state index contributed by atoms with van der Waals surface area (Å²) >= 11 is 0. The third-order valence-electron chi connectivity index (χ3n) is 5.94. The Balaban J connectivity index is 1.28. The first kappa shape index (κ1) is 24.6. The quantitative estimate of drug-likeness (QED) is 0.241. The van der Waals surface area contributed by atoms with E-state index in [1.165, 1.54) is 24.3 Å². The lowest BCUT2D eigenvalue weighted by molar-refractivity contribution is -0.116. The number of nitrogens with one attached hydrogen (secondary N) is 3. The van der Waals surface area contributed by atoms with Gasteiger partial charge >= 0.3 is 0 Å². The smallest absolute Gasteiger partial charge is 0.258 e. The van der Waals surface area contributed by atoms with Crippen LogP contribution in [0.1, 0.15) is 28.9 Å². The lowest BCUT2D eigenvalue weighted by Gasteiger charge is -2.09. The highest BCUT2D eigenvalue weighted by Gasteiger charge is 2.15. The molecular formula is C29H25FN6O2. The number of para-hydroxylation sites is 1. The van der Waals surface area contributed by atoms with E-state index in [1.54, 1.807) is 24.5 Å². The van der Waals surface area contributed by atoms with Gasteiger partial charge in [-0.2, -0.15) is 5.10 Å². The topological polar surface area (TPSA) is 105 Å². The van der Waals surface area contributed by atoms with E-state index in [-0.39, 0.29) is 24.1 Å². The van der Waals surface area contributed by atoms with Crippen molar-refractivity contribution in [1.29, 1.82) is 0 Å². The van der Waals surface area contributed by atoms with Crippen LogP contribution >= 0.6 is 0 Å². The summed E-state index contributed by atoms with van der Waals surface area (Å²) in [6.45, 7) is 0. The average molecular weight is 509 g/mol. The number of hydrogen-bond acceptors (Lipinski definition) is 4. The molecule has 190 valence electrons. The molecule has 0 unspecified atom stereocenters. The lowest BCUT2D eigenvalue weighted by atomic mass is 10.1. The zero-order chi connectivity index (χ0) is 26.3. The summed E-state index contributed by atoms with van der Waals surface area (Å²) < 4.78 is 14.9. The van der Waals surface area contributed by atoms with Crippen LogP contribution in [0.5, 0.6) is 0 Å². The second kappa shape index (κ2) is 11.3. The molecule has 0 saturated carbocycles. The van der Waals surface area contributed by atoms with Gasteiger partial charge in [0.2, 0.25) is 11.9 Å². The van der Waals surface area contributed by atoms with E-state index >= 15 is 0 Å². The van der Waals surface area contributed by atoms with Crippen LogP contribution in [-0.2, 0) is 11.2 Å². The van der Waals surface area contributed by atoms with Crippen molar-refractivity contribution in [3.05, 3.63) is 115 Å². The van der Waals surface area contributed by atoms with Gasteiger partial charge in [0.15, 0.2) is 0 Å². The van der Waals surface area contributed by atoms with Crippen LogP contribution in [0.4, 0.5) is 16.0 Å². The first-order chi connectivity index (χ1) is 18.5. The number of anilines is 2. The van der Waals surface area contributed by atoms with Crippen molar-refractivity contribution in [3.8, 4) is 16.8 Å². The largest absolute Gasteiger partial charge is 0.326 e. The molecule has 2 amide bonds. The van der Waals surface area contributed by atoms with E-state index in [4.69, 9.17) is 0 Å². The molecule has 0 radical (unpaired) electrons. The van der Waals surface area contributed by atoms with Crippen LogP contribution < -0.4 is 10.6 Å². The number of aromatic amines is 1. The molecular weight excluding hydrogens is 483 g/mol. The second-order valence-corrected chi connectivity index (χ2v) is 8.69. The van der Waals surface area contributed by atoms with Crippen molar-refractivity contribution in [2.45, 2.75) is 19.3 Å². The number of amides is 2. The van der Waals surface area contributed by atoms with Gasteiger partial charge in [0, 0.05) is 41.3 Å². The molecule has 0 atom stereocenters. The number of hydrogen-bond donors (Lipinski definition) is 3. The van der Waals surface area contributed by atoms with Crippen molar-refractivity contribution in [1.82, 2.24) is 19.7 Å². The number of aryl methyl sites for hydroxylation is 1. The fraction of sp³-hybridized carbons (Fsp3) is 0.103. The number of aromatic nitrogens is 4. The predicted molar refractivity (Wildman–Crippen MR) is 144 cm³/mol. The summed E-state index contributed by atoms with van der Waals surface area (Å²) in [5.41, 5.74) is 4.39. The van der Waals surface area contributed by atoms with Crippen LogP contribution in [0.2, 0.25) is 0 Å². The molecule has 2 heterocycles. The number of halogens is 1. The Hall–Kier alpha value is -5.05. The van der Waals surface area contributed by atoms with Gasteiger partial charge in [0.1, 0.15) is 5.82 Å². The molecule has 0 bridgehead atoms. The summed E-state index contributed by atoms with van der Waals surface area (Å²) in [6.07, 6.45) is 6.70. The van der Waals surface area contributed by atoms with Crippen LogP contribution in [0.25, 0.3) is 16.8 Å². The summed E-state index contributed by atoms with van der Waals surface area (Å²) in [5, 5.41) is 12.4.